The number of esters is 1. The van der Waals surface area contributed by atoms with Gasteiger partial charge in [0, 0.05) is 5.02 Å². The van der Waals surface area contributed by atoms with Crippen LogP contribution >= 0.6 is 11.6 Å². The Morgan fingerprint density at radius 2 is 2.12 bits per heavy atom. The number of hydrogen-bond acceptors (Lipinski definition) is 3. The summed E-state index contributed by atoms with van der Waals surface area (Å²) in [6.07, 6.45) is 1.71. The van der Waals surface area contributed by atoms with Crippen LogP contribution in [0.15, 0.2) is 18.2 Å². The number of nitrogens with one attached hydrogen (secondary N) is 1. The standard InChI is InChI=1S/C13H16ClNO2/c1-9-8-11(14)2-3-12(9)17-13(16)10-4-6-15-7-5-10/h2-3,8,10,15H,4-7H2,1H3. The van der Waals surface area contributed by atoms with Crippen LogP contribution in [0, 0.1) is 12.8 Å². The maximum Gasteiger partial charge on any atom is 0.314 e. The summed E-state index contributed by atoms with van der Waals surface area (Å²) >= 11 is 5.85. The number of piperidine rings is 1. The molecule has 0 bridgehead atoms. The van der Waals surface area contributed by atoms with Crippen molar-refractivity contribution in [1.82, 2.24) is 5.32 Å². The lowest BCUT2D eigenvalue weighted by molar-refractivity contribution is -0.139. The normalized spacial score (nSPS) is 16.8. The Balaban J connectivity index is 2.02. The molecular weight excluding hydrogens is 238 g/mol. The fraction of sp³-hybridized carbons (Fsp3) is 0.462. The minimum absolute atomic E-state index is 0.0197. The van der Waals surface area contributed by atoms with Crippen molar-refractivity contribution in [1.29, 1.82) is 0 Å². The van der Waals surface area contributed by atoms with Gasteiger partial charge in [0.25, 0.3) is 0 Å². The molecule has 1 aromatic carbocycles. The third-order valence-electron chi connectivity index (χ3n) is 3.02. The van der Waals surface area contributed by atoms with Crippen molar-refractivity contribution >= 4 is 17.6 Å². The summed E-state index contributed by atoms with van der Waals surface area (Å²) < 4.78 is 5.41. The number of halogens is 1. The highest BCUT2D eigenvalue weighted by Crippen LogP contribution is 2.24. The number of benzene rings is 1. The highest BCUT2D eigenvalue weighted by molar-refractivity contribution is 6.30. The maximum atomic E-state index is 11.9. The van der Waals surface area contributed by atoms with E-state index in [0.29, 0.717) is 10.8 Å². The zero-order valence-corrected chi connectivity index (χ0v) is 10.6. The van der Waals surface area contributed by atoms with E-state index in [0.717, 1.165) is 31.5 Å². The van der Waals surface area contributed by atoms with Gasteiger partial charge >= 0.3 is 5.97 Å². The summed E-state index contributed by atoms with van der Waals surface area (Å²) in [6.45, 7) is 3.66. The van der Waals surface area contributed by atoms with Crippen LogP contribution in [0.2, 0.25) is 5.02 Å². The van der Waals surface area contributed by atoms with Gasteiger partial charge in [-0.3, -0.25) is 4.79 Å². The average molecular weight is 254 g/mol. The molecule has 1 saturated heterocycles. The highest BCUT2D eigenvalue weighted by atomic mass is 35.5. The second kappa shape index (κ2) is 5.52. The molecule has 0 saturated carbocycles. The summed E-state index contributed by atoms with van der Waals surface area (Å²) in [7, 11) is 0. The molecule has 1 aromatic rings. The number of rotatable bonds is 2. The predicted molar refractivity (Wildman–Crippen MR) is 67.4 cm³/mol. The highest BCUT2D eigenvalue weighted by Gasteiger charge is 2.23. The van der Waals surface area contributed by atoms with Gasteiger partial charge in [-0.15, -0.1) is 0 Å². The molecule has 1 fully saturated rings. The van der Waals surface area contributed by atoms with Crippen LogP contribution in [-0.2, 0) is 4.79 Å². The third-order valence-corrected chi connectivity index (χ3v) is 3.26. The minimum Gasteiger partial charge on any atom is -0.426 e. The fourth-order valence-corrected chi connectivity index (χ4v) is 2.20. The van der Waals surface area contributed by atoms with Crippen molar-refractivity contribution in [3.8, 4) is 5.75 Å². The number of carbonyl (C=O) groups is 1. The van der Waals surface area contributed by atoms with Crippen molar-refractivity contribution in [2.24, 2.45) is 5.92 Å². The van der Waals surface area contributed by atoms with E-state index in [9.17, 15) is 4.79 Å². The summed E-state index contributed by atoms with van der Waals surface area (Å²) in [5, 5.41) is 3.88. The van der Waals surface area contributed by atoms with E-state index in [1.165, 1.54) is 0 Å². The van der Waals surface area contributed by atoms with Gasteiger partial charge in [-0.2, -0.15) is 0 Å². The van der Waals surface area contributed by atoms with Crippen LogP contribution in [0.25, 0.3) is 0 Å². The van der Waals surface area contributed by atoms with Crippen molar-refractivity contribution < 1.29 is 9.53 Å². The number of carbonyl (C=O) groups excluding carboxylic acids is 1. The molecule has 1 heterocycles. The van der Waals surface area contributed by atoms with Gasteiger partial charge in [0.1, 0.15) is 5.75 Å². The van der Waals surface area contributed by atoms with Crippen LogP contribution in [0.5, 0.6) is 5.75 Å². The van der Waals surface area contributed by atoms with E-state index in [-0.39, 0.29) is 11.9 Å². The van der Waals surface area contributed by atoms with Gasteiger partial charge in [0.2, 0.25) is 0 Å². The Hall–Kier alpha value is -1.06. The molecule has 92 valence electrons. The Bertz CT molecular complexity index is 414. The minimum atomic E-state index is -0.128. The smallest absolute Gasteiger partial charge is 0.314 e. The molecule has 4 heteroatoms. The quantitative estimate of drug-likeness (QED) is 0.650. The predicted octanol–water partition coefficient (Wildman–Crippen LogP) is 2.55. The molecule has 1 aliphatic rings. The molecule has 0 radical (unpaired) electrons. The number of hydrogen-bond donors (Lipinski definition) is 1. The van der Waals surface area contributed by atoms with Crippen molar-refractivity contribution in [3.05, 3.63) is 28.8 Å². The molecule has 17 heavy (non-hydrogen) atoms. The summed E-state index contributed by atoms with van der Waals surface area (Å²) in [5.41, 5.74) is 0.889. The Labute approximate surface area is 106 Å². The molecule has 0 spiro atoms. The van der Waals surface area contributed by atoms with Gasteiger partial charge in [-0.05, 0) is 56.6 Å². The zero-order valence-electron chi connectivity index (χ0n) is 9.83. The number of aryl methyl sites for hydroxylation is 1. The summed E-state index contributed by atoms with van der Waals surface area (Å²) in [6, 6.07) is 5.28. The molecule has 0 unspecified atom stereocenters. The average Bonchev–Trinajstić information content (AvgIpc) is 2.34. The van der Waals surface area contributed by atoms with Crippen LogP contribution in [0.4, 0.5) is 0 Å². The summed E-state index contributed by atoms with van der Waals surface area (Å²) in [4.78, 5) is 11.9. The van der Waals surface area contributed by atoms with Crippen molar-refractivity contribution in [3.63, 3.8) is 0 Å². The third kappa shape index (κ3) is 3.20. The topological polar surface area (TPSA) is 38.3 Å². The van der Waals surface area contributed by atoms with Gasteiger partial charge < -0.3 is 10.1 Å². The van der Waals surface area contributed by atoms with Crippen LogP contribution in [0.3, 0.4) is 0 Å². The maximum absolute atomic E-state index is 11.9. The molecule has 0 aromatic heterocycles. The lowest BCUT2D eigenvalue weighted by atomic mass is 9.98. The van der Waals surface area contributed by atoms with Gasteiger partial charge in [0.15, 0.2) is 0 Å². The van der Waals surface area contributed by atoms with E-state index in [1.54, 1.807) is 18.2 Å². The van der Waals surface area contributed by atoms with Crippen molar-refractivity contribution in [2.75, 3.05) is 13.1 Å². The zero-order chi connectivity index (χ0) is 12.3. The van der Waals surface area contributed by atoms with Crippen LogP contribution in [0.1, 0.15) is 18.4 Å². The first kappa shape index (κ1) is 12.4. The van der Waals surface area contributed by atoms with E-state index < -0.39 is 0 Å². The van der Waals surface area contributed by atoms with Gasteiger partial charge in [-0.25, -0.2) is 0 Å². The molecule has 3 nitrogen and oxygen atoms in total. The van der Waals surface area contributed by atoms with Crippen molar-refractivity contribution in [2.45, 2.75) is 19.8 Å². The molecule has 1 N–H and O–H groups in total. The Kier molecular flexibility index (Phi) is 4.02. The van der Waals surface area contributed by atoms with Gasteiger partial charge in [-0.1, -0.05) is 11.6 Å². The first-order chi connectivity index (χ1) is 8.16. The largest absolute Gasteiger partial charge is 0.426 e. The Morgan fingerprint density at radius 3 is 2.76 bits per heavy atom. The Morgan fingerprint density at radius 1 is 1.41 bits per heavy atom. The van der Waals surface area contributed by atoms with Gasteiger partial charge in [0.05, 0.1) is 5.92 Å². The second-order valence-corrected chi connectivity index (χ2v) is 4.79. The SMILES string of the molecule is Cc1cc(Cl)ccc1OC(=O)C1CCNCC1. The number of ether oxygens (including phenoxy) is 1. The lowest BCUT2D eigenvalue weighted by Crippen LogP contribution is -2.33. The van der Waals surface area contributed by atoms with E-state index >= 15 is 0 Å². The first-order valence-electron chi connectivity index (χ1n) is 5.85. The monoisotopic (exact) mass is 253 g/mol. The first-order valence-corrected chi connectivity index (χ1v) is 6.23. The molecule has 0 amide bonds. The van der Waals surface area contributed by atoms with E-state index in [1.807, 2.05) is 6.92 Å². The van der Waals surface area contributed by atoms with Crippen LogP contribution < -0.4 is 10.1 Å². The molecule has 2 rings (SSSR count). The van der Waals surface area contributed by atoms with E-state index in [4.69, 9.17) is 16.3 Å². The second-order valence-electron chi connectivity index (χ2n) is 4.36. The molecular formula is C13H16ClNO2. The lowest BCUT2D eigenvalue weighted by Gasteiger charge is -2.21. The van der Waals surface area contributed by atoms with Crippen LogP contribution in [-0.4, -0.2) is 19.1 Å². The summed E-state index contributed by atoms with van der Waals surface area (Å²) in [5.74, 6) is 0.501. The molecule has 0 aliphatic carbocycles. The van der Waals surface area contributed by atoms with E-state index in [2.05, 4.69) is 5.32 Å². The molecule has 1 aliphatic heterocycles. The fourth-order valence-electron chi connectivity index (χ4n) is 1.98. The molecule has 0 atom stereocenters.